The van der Waals surface area contributed by atoms with E-state index in [-0.39, 0.29) is 0 Å². The fourth-order valence-corrected chi connectivity index (χ4v) is 2.18. The van der Waals surface area contributed by atoms with Gasteiger partial charge in [-0.2, -0.15) is 9.97 Å². The lowest BCUT2D eigenvalue weighted by Crippen LogP contribution is -2.36. The van der Waals surface area contributed by atoms with Crippen molar-refractivity contribution in [2.45, 2.75) is 0 Å². The smallest absolute Gasteiger partial charge is 0.264 e. The molecule has 100 valence electrons. The van der Waals surface area contributed by atoms with Crippen LogP contribution in [-0.4, -0.2) is 31.1 Å². The highest BCUT2D eigenvalue weighted by Gasteiger charge is 2.19. The third-order valence-corrected chi connectivity index (χ3v) is 3.24. The summed E-state index contributed by atoms with van der Waals surface area (Å²) >= 11 is 0. The van der Waals surface area contributed by atoms with E-state index in [1.807, 2.05) is 36.4 Å². The molecule has 0 amide bonds. The zero-order chi connectivity index (χ0) is 14.2. The lowest BCUT2D eigenvalue weighted by molar-refractivity contribution is 0.461. The summed E-state index contributed by atoms with van der Waals surface area (Å²) in [6.07, 6.45) is 0. The fraction of sp³-hybridized carbons (Fsp3) is 0.176. The van der Waals surface area contributed by atoms with Gasteiger partial charge in [0, 0.05) is 10.9 Å². The topological polar surface area (TPSA) is 25.8 Å². The highest BCUT2D eigenvalue weighted by molar-refractivity contribution is 5.92. The number of aromatic nitrogens is 2. The maximum Gasteiger partial charge on any atom is 0.329 e. The Labute approximate surface area is 119 Å². The predicted molar refractivity (Wildman–Crippen MR) is 84.5 cm³/mol. The van der Waals surface area contributed by atoms with Gasteiger partial charge in [0.2, 0.25) is 0 Å². The van der Waals surface area contributed by atoms with Gasteiger partial charge in [0.1, 0.15) is 0 Å². The molecule has 0 atom stereocenters. The first-order chi connectivity index (χ1) is 9.55. The molecule has 3 aromatic rings. The Morgan fingerprint density at radius 2 is 1.40 bits per heavy atom. The zero-order valence-electron chi connectivity index (χ0n) is 12.0. The Hall–Kier alpha value is -2.26. The van der Waals surface area contributed by atoms with Crippen molar-refractivity contribution in [1.82, 2.24) is 14.5 Å². The van der Waals surface area contributed by atoms with E-state index in [1.165, 1.54) is 0 Å². The first-order valence-corrected chi connectivity index (χ1v) is 6.70. The molecule has 20 heavy (non-hydrogen) atoms. The normalized spacial score (nSPS) is 11.8. The highest BCUT2D eigenvalue weighted by atomic mass is 15.4. The number of para-hydroxylation sites is 1. The Morgan fingerprint density at radius 3 is 2.10 bits per heavy atom. The molecular formula is C17H18N3+. The lowest BCUT2D eigenvalue weighted by atomic mass is 10.1. The van der Waals surface area contributed by atoms with Crippen molar-refractivity contribution in [3.8, 4) is 11.3 Å². The molecule has 0 bridgehead atoms. The number of hydrogen-bond donors (Lipinski definition) is 0. The summed E-state index contributed by atoms with van der Waals surface area (Å²) in [7, 11) is 6.25. The Kier molecular flexibility index (Phi) is 2.99. The molecular weight excluding hydrogens is 246 g/mol. The Morgan fingerprint density at radius 1 is 0.750 bits per heavy atom. The number of hydrogen-bond acceptors (Lipinski definition) is 2. The molecule has 1 heterocycles. The van der Waals surface area contributed by atoms with Crippen LogP contribution in [0.5, 0.6) is 0 Å². The van der Waals surface area contributed by atoms with E-state index in [0.29, 0.717) is 4.48 Å². The van der Waals surface area contributed by atoms with Gasteiger partial charge in [0.05, 0.1) is 32.4 Å². The summed E-state index contributed by atoms with van der Waals surface area (Å²) in [5.74, 6) is 0.822. The van der Waals surface area contributed by atoms with Crippen LogP contribution in [0.1, 0.15) is 0 Å². The lowest BCUT2D eigenvalue weighted by Gasteiger charge is -2.21. The van der Waals surface area contributed by atoms with E-state index in [0.717, 1.165) is 28.1 Å². The molecule has 0 spiro atoms. The number of benzene rings is 2. The minimum absolute atomic E-state index is 0.602. The highest BCUT2D eigenvalue weighted by Crippen LogP contribution is 2.28. The van der Waals surface area contributed by atoms with Crippen LogP contribution in [0.4, 0.5) is 5.95 Å². The molecule has 0 radical (unpaired) electrons. The van der Waals surface area contributed by atoms with E-state index in [2.05, 4.69) is 39.3 Å². The molecule has 0 saturated carbocycles. The standard InChI is InChI=1S/C17H18N3/c1-20(2,3)17-18-15-12-8-7-11-14(15)16(19-17)13-9-5-4-6-10-13/h4-12H,1-3H3/q+1. The van der Waals surface area contributed by atoms with Crippen LogP contribution in [0.25, 0.3) is 22.2 Å². The van der Waals surface area contributed by atoms with Crippen LogP contribution in [0, 0.1) is 0 Å². The minimum atomic E-state index is 0.602. The van der Waals surface area contributed by atoms with Crippen LogP contribution in [0.2, 0.25) is 0 Å². The molecule has 0 fully saturated rings. The maximum absolute atomic E-state index is 4.80. The van der Waals surface area contributed by atoms with Gasteiger partial charge >= 0.3 is 5.95 Å². The van der Waals surface area contributed by atoms with Crippen LogP contribution in [-0.2, 0) is 0 Å². The molecule has 0 aliphatic carbocycles. The van der Waals surface area contributed by atoms with E-state index < -0.39 is 0 Å². The van der Waals surface area contributed by atoms with Crippen molar-refractivity contribution in [2.75, 3.05) is 21.1 Å². The van der Waals surface area contributed by atoms with Crippen molar-refractivity contribution in [1.29, 1.82) is 0 Å². The van der Waals surface area contributed by atoms with E-state index >= 15 is 0 Å². The Bertz CT molecular complexity index is 743. The second-order valence-corrected chi connectivity index (χ2v) is 5.77. The van der Waals surface area contributed by atoms with E-state index in [9.17, 15) is 0 Å². The second kappa shape index (κ2) is 4.69. The second-order valence-electron chi connectivity index (χ2n) is 5.77. The average molecular weight is 264 g/mol. The number of rotatable bonds is 2. The van der Waals surface area contributed by atoms with Crippen LogP contribution in [0.15, 0.2) is 54.6 Å². The van der Waals surface area contributed by atoms with Gasteiger partial charge in [-0.05, 0) is 6.07 Å². The largest absolute Gasteiger partial charge is 0.329 e. The quantitative estimate of drug-likeness (QED) is 0.662. The molecule has 2 aromatic carbocycles. The first-order valence-electron chi connectivity index (χ1n) is 6.70. The van der Waals surface area contributed by atoms with Gasteiger partial charge < -0.3 is 0 Å². The molecule has 0 N–H and O–H groups in total. The maximum atomic E-state index is 4.80. The van der Waals surface area contributed by atoms with E-state index in [4.69, 9.17) is 9.97 Å². The summed E-state index contributed by atoms with van der Waals surface area (Å²) < 4.78 is 0.602. The number of fused-ring (bicyclic) bond motifs is 1. The number of quaternary nitrogens is 1. The molecule has 3 heteroatoms. The van der Waals surface area contributed by atoms with Gasteiger partial charge in [0.25, 0.3) is 0 Å². The van der Waals surface area contributed by atoms with Crippen LogP contribution < -0.4 is 4.48 Å². The van der Waals surface area contributed by atoms with Crippen molar-refractivity contribution < 1.29 is 0 Å². The third-order valence-electron chi connectivity index (χ3n) is 3.24. The minimum Gasteiger partial charge on any atom is -0.264 e. The van der Waals surface area contributed by atoms with Gasteiger partial charge in [0.15, 0.2) is 0 Å². The molecule has 1 aromatic heterocycles. The molecule has 0 saturated heterocycles. The first kappa shape index (κ1) is 12.8. The van der Waals surface area contributed by atoms with Gasteiger partial charge in [-0.15, -0.1) is 0 Å². The van der Waals surface area contributed by atoms with Crippen molar-refractivity contribution >= 4 is 16.9 Å². The van der Waals surface area contributed by atoms with Crippen molar-refractivity contribution in [3.63, 3.8) is 0 Å². The van der Waals surface area contributed by atoms with Gasteiger partial charge in [-0.1, -0.05) is 48.5 Å². The Balaban J connectivity index is 2.34. The molecule has 3 rings (SSSR count). The summed E-state index contributed by atoms with van der Waals surface area (Å²) in [5, 5.41) is 1.09. The third kappa shape index (κ3) is 2.28. The van der Waals surface area contributed by atoms with Crippen molar-refractivity contribution in [2.24, 2.45) is 0 Å². The molecule has 0 aliphatic rings. The predicted octanol–water partition coefficient (Wildman–Crippen LogP) is 3.49. The van der Waals surface area contributed by atoms with Gasteiger partial charge in [-0.3, -0.25) is 4.48 Å². The summed E-state index contributed by atoms with van der Waals surface area (Å²) in [4.78, 5) is 9.50. The number of nitrogens with zero attached hydrogens (tertiary/aromatic N) is 3. The van der Waals surface area contributed by atoms with Crippen LogP contribution >= 0.6 is 0 Å². The average Bonchev–Trinajstić information content (AvgIpc) is 2.46. The van der Waals surface area contributed by atoms with Crippen LogP contribution in [0.3, 0.4) is 0 Å². The summed E-state index contributed by atoms with van der Waals surface area (Å²) in [6.45, 7) is 0. The fourth-order valence-electron chi connectivity index (χ4n) is 2.18. The SMILES string of the molecule is C[N+](C)(C)c1nc(-c2ccccc2)c2ccccc2n1. The summed E-state index contributed by atoms with van der Waals surface area (Å²) in [6, 6.07) is 18.5. The molecule has 3 nitrogen and oxygen atoms in total. The van der Waals surface area contributed by atoms with Gasteiger partial charge in [-0.25, -0.2) is 0 Å². The molecule has 0 unspecified atom stereocenters. The monoisotopic (exact) mass is 264 g/mol. The zero-order valence-corrected chi connectivity index (χ0v) is 12.0. The summed E-state index contributed by atoms with van der Waals surface area (Å²) in [5.41, 5.74) is 3.12. The van der Waals surface area contributed by atoms with Crippen molar-refractivity contribution in [3.05, 3.63) is 54.6 Å². The van der Waals surface area contributed by atoms with E-state index in [1.54, 1.807) is 0 Å². The molecule has 0 aliphatic heterocycles.